The minimum Gasteiger partial charge on any atom is -0.444 e. The van der Waals surface area contributed by atoms with Gasteiger partial charge in [-0.15, -0.1) is 0 Å². The lowest BCUT2D eigenvalue weighted by molar-refractivity contribution is -0.00840. The van der Waals surface area contributed by atoms with Gasteiger partial charge in [0.15, 0.2) is 0 Å². The smallest absolute Gasteiger partial charge is 0.419 e. The number of amides is 2. The van der Waals surface area contributed by atoms with Crippen LogP contribution in [0.2, 0.25) is 0 Å². The Bertz CT molecular complexity index is 1730. The van der Waals surface area contributed by atoms with Crippen LogP contribution in [0.1, 0.15) is 102 Å². The topological polar surface area (TPSA) is 131 Å². The van der Waals surface area contributed by atoms with Gasteiger partial charge in [0.2, 0.25) is 0 Å². The van der Waals surface area contributed by atoms with E-state index in [1.54, 1.807) is 34.0 Å². The van der Waals surface area contributed by atoms with Crippen molar-refractivity contribution >= 4 is 40.6 Å². The number of hydrogen-bond donors (Lipinski definition) is 1. The number of nitrogens with one attached hydrogen (secondary N) is 1. The van der Waals surface area contributed by atoms with Crippen molar-refractivity contribution in [2.75, 3.05) is 56.6 Å². The van der Waals surface area contributed by atoms with E-state index in [0.29, 0.717) is 42.5 Å². The Labute approximate surface area is 307 Å². The number of fused-ring (bicyclic) bond motifs is 1. The molecule has 3 aromatic rings. The highest BCUT2D eigenvalue weighted by Crippen LogP contribution is 2.35. The number of carbonyl (C=O) groups is 3. The molecule has 282 valence electrons. The van der Waals surface area contributed by atoms with E-state index in [1.165, 1.54) is 0 Å². The fourth-order valence-electron chi connectivity index (χ4n) is 7.26. The first-order valence-electron chi connectivity index (χ1n) is 18.7. The zero-order valence-corrected chi connectivity index (χ0v) is 31.8. The molecule has 1 N–H and O–H groups in total. The number of pyridine rings is 2. The van der Waals surface area contributed by atoms with Crippen molar-refractivity contribution in [3.8, 4) is 0 Å². The molecule has 2 amide bonds. The average molecular weight is 718 g/mol. The van der Waals surface area contributed by atoms with E-state index in [-0.39, 0.29) is 24.1 Å². The van der Waals surface area contributed by atoms with Gasteiger partial charge in [0.25, 0.3) is 5.91 Å². The molecule has 3 saturated heterocycles. The Kier molecular flexibility index (Phi) is 11.1. The molecule has 13 heteroatoms. The first-order chi connectivity index (χ1) is 24.6. The van der Waals surface area contributed by atoms with Crippen molar-refractivity contribution in [1.82, 2.24) is 24.3 Å². The van der Waals surface area contributed by atoms with E-state index in [2.05, 4.69) is 32.1 Å². The molecule has 0 spiro atoms. The van der Waals surface area contributed by atoms with Crippen molar-refractivity contribution in [1.29, 1.82) is 0 Å². The maximum Gasteiger partial charge on any atom is 0.419 e. The number of hydrogen-bond acceptors (Lipinski definition) is 10. The lowest BCUT2D eigenvalue weighted by Gasteiger charge is -2.35. The number of anilines is 2. The van der Waals surface area contributed by atoms with Crippen LogP contribution in [-0.2, 0) is 14.2 Å². The molecule has 0 unspecified atom stereocenters. The quantitative estimate of drug-likeness (QED) is 0.276. The Balaban J connectivity index is 1.01. The van der Waals surface area contributed by atoms with Gasteiger partial charge >= 0.3 is 12.2 Å². The second-order valence-electron chi connectivity index (χ2n) is 16.4. The highest BCUT2D eigenvalue weighted by Gasteiger charge is 2.32. The molecule has 13 nitrogen and oxygen atoms in total. The van der Waals surface area contributed by atoms with Gasteiger partial charge in [-0.3, -0.25) is 9.69 Å². The lowest BCUT2D eigenvalue weighted by atomic mass is 9.98. The van der Waals surface area contributed by atoms with E-state index in [1.807, 2.05) is 53.7 Å². The maximum absolute atomic E-state index is 13.5. The second-order valence-corrected chi connectivity index (χ2v) is 16.4. The molecule has 0 bridgehead atoms. The molecule has 3 aliphatic rings. The summed E-state index contributed by atoms with van der Waals surface area (Å²) in [5.74, 6) is 1.28. The molecule has 1 atom stereocenters. The number of likely N-dealkylation sites (tertiary alicyclic amines) is 2. The molecule has 52 heavy (non-hydrogen) atoms. The van der Waals surface area contributed by atoms with E-state index in [0.717, 1.165) is 75.1 Å². The summed E-state index contributed by atoms with van der Waals surface area (Å²) in [6.07, 6.45) is 8.44. The third-order valence-corrected chi connectivity index (χ3v) is 10.0. The van der Waals surface area contributed by atoms with Gasteiger partial charge in [-0.1, -0.05) is 0 Å². The Morgan fingerprint density at radius 1 is 0.827 bits per heavy atom. The van der Waals surface area contributed by atoms with Crippen LogP contribution in [0.5, 0.6) is 0 Å². The monoisotopic (exact) mass is 717 g/mol. The van der Waals surface area contributed by atoms with Crippen LogP contribution in [0, 0.1) is 5.92 Å². The standard InChI is InChI=1S/C39H55N7O6/c1-38(2,3)51-36(48)45-17-12-26(13-18-45)25-50-29-14-19-44(20-15-29)34-11-10-27(23-41-34)35(47)42-33-22-31-28(24-40-33)21-32(30-9-8-16-43(30)7)46(31)37(49)52-39(4,5)6/h10-11,21-24,26,29-30H,8-9,12-20,25H2,1-7H3,(H,40,42,47)/t30-/m1/s1. The summed E-state index contributed by atoms with van der Waals surface area (Å²) in [6, 6.07) is 7.48. The number of aromatic nitrogens is 3. The molecule has 3 aromatic heterocycles. The van der Waals surface area contributed by atoms with Crippen LogP contribution in [0.15, 0.2) is 36.7 Å². The highest BCUT2D eigenvalue weighted by atomic mass is 16.6. The van der Waals surface area contributed by atoms with Crippen LogP contribution in [0.25, 0.3) is 10.9 Å². The Morgan fingerprint density at radius 3 is 2.13 bits per heavy atom. The van der Waals surface area contributed by atoms with Crippen molar-refractivity contribution < 1.29 is 28.6 Å². The van der Waals surface area contributed by atoms with Crippen LogP contribution >= 0.6 is 0 Å². The van der Waals surface area contributed by atoms with Crippen molar-refractivity contribution in [3.05, 3.63) is 47.9 Å². The summed E-state index contributed by atoms with van der Waals surface area (Å²) in [5, 5.41) is 3.70. The van der Waals surface area contributed by atoms with Crippen molar-refractivity contribution in [3.63, 3.8) is 0 Å². The molecule has 0 saturated carbocycles. The van der Waals surface area contributed by atoms with Crippen LogP contribution in [-0.4, -0.2) is 106 Å². The fourth-order valence-corrected chi connectivity index (χ4v) is 7.26. The van der Waals surface area contributed by atoms with Crippen LogP contribution < -0.4 is 10.2 Å². The van der Waals surface area contributed by atoms with Gasteiger partial charge in [0, 0.05) is 62.3 Å². The molecule has 6 heterocycles. The van der Waals surface area contributed by atoms with Gasteiger partial charge in [-0.2, -0.15) is 0 Å². The van der Waals surface area contributed by atoms with Crippen molar-refractivity contribution in [2.45, 2.75) is 103 Å². The summed E-state index contributed by atoms with van der Waals surface area (Å²) < 4.78 is 19.3. The van der Waals surface area contributed by atoms with E-state index >= 15 is 0 Å². The average Bonchev–Trinajstić information content (AvgIpc) is 3.69. The maximum atomic E-state index is 13.5. The summed E-state index contributed by atoms with van der Waals surface area (Å²) in [7, 11) is 2.07. The molecule has 6 rings (SSSR count). The van der Waals surface area contributed by atoms with E-state index in [9.17, 15) is 14.4 Å². The summed E-state index contributed by atoms with van der Waals surface area (Å²) in [4.78, 5) is 54.6. The minimum atomic E-state index is -0.662. The number of nitrogens with zero attached hydrogens (tertiary/aromatic N) is 6. The molecular weight excluding hydrogens is 662 g/mol. The predicted octanol–water partition coefficient (Wildman–Crippen LogP) is 6.87. The van der Waals surface area contributed by atoms with Crippen LogP contribution in [0.4, 0.5) is 21.2 Å². The van der Waals surface area contributed by atoms with E-state index < -0.39 is 17.3 Å². The molecule has 3 aliphatic heterocycles. The molecular formula is C39H55N7O6. The van der Waals surface area contributed by atoms with Gasteiger partial charge in [0.05, 0.1) is 23.2 Å². The third-order valence-electron chi connectivity index (χ3n) is 10.0. The lowest BCUT2D eigenvalue weighted by Crippen LogP contribution is -2.43. The minimum absolute atomic E-state index is 0.0860. The van der Waals surface area contributed by atoms with Gasteiger partial charge in [-0.25, -0.2) is 24.1 Å². The zero-order chi connectivity index (χ0) is 37.2. The SMILES string of the molecule is CN1CCC[C@@H]1c1cc2cnc(NC(=O)c3ccc(N4CCC(OCC5CCN(C(=O)OC(C)(C)C)CC5)CC4)nc3)cc2n1C(=O)OC(C)(C)C. The second kappa shape index (κ2) is 15.4. The first-order valence-corrected chi connectivity index (χ1v) is 18.7. The largest absolute Gasteiger partial charge is 0.444 e. The number of carbonyl (C=O) groups excluding carboxylic acids is 3. The predicted molar refractivity (Wildman–Crippen MR) is 200 cm³/mol. The molecule has 0 aromatic carbocycles. The van der Waals surface area contributed by atoms with Gasteiger partial charge < -0.3 is 29.3 Å². The molecule has 3 fully saturated rings. The van der Waals surface area contributed by atoms with Crippen molar-refractivity contribution in [2.24, 2.45) is 5.92 Å². The van der Waals surface area contributed by atoms with Gasteiger partial charge in [0.1, 0.15) is 22.8 Å². The summed E-state index contributed by atoms with van der Waals surface area (Å²) >= 11 is 0. The van der Waals surface area contributed by atoms with Gasteiger partial charge in [-0.05, 0) is 118 Å². The fraction of sp³-hybridized carbons (Fsp3) is 0.615. The number of ether oxygens (including phenoxy) is 3. The Hall–Kier alpha value is -4.23. The zero-order valence-electron chi connectivity index (χ0n) is 31.8. The Morgan fingerprint density at radius 2 is 1.52 bits per heavy atom. The summed E-state index contributed by atoms with van der Waals surface area (Å²) in [5.41, 5.74) is 0.771. The normalized spacial score (nSPS) is 19.6. The third kappa shape index (κ3) is 9.22. The highest BCUT2D eigenvalue weighted by molar-refractivity contribution is 6.04. The molecule has 0 radical (unpaired) electrons. The van der Waals surface area contributed by atoms with Crippen LogP contribution in [0.3, 0.4) is 0 Å². The molecule has 0 aliphatic carbocycles. The van der Waals surface area contributed by atoms with E-state index in [4.69, 9.17) is 14.2 Å². The number of rotatable bonds is 7. The number of piperidine rings is 2. The first kappa shape index (κ1) is 37.5. The summed E-state index contributed by atoms with van der Waals surface area (Å²) in [6.45, 7) is 15.9.